The molecule has 1 saturated carbocycles. The first-order chi connectivity index (χ1) is 13.6. The number of carbonyl (C=O) groups excluding carboxylic acids is 1. The molecule has 148 valence electrons. The maximum absolute atomic E-state index is 12.8. The fourth-order valence-electron chi connectivity index (χ4n) is 5.30. The van der Waals surface area contributed by atoms with Gasteiger partial charge in [-0.05, 0) is 55.9 Å². The van der Waals surface area contributed by atoms with Crippen LogP contribution in [0.3, 0.4) is 0 Å². The molecule has 2 aromatic rings. The summed E-state index contributed by atoms with van der Waals surface area (Å²) in [5.41, 5.74) is 2.28. The van der Waals surface area contributed by atoms with E-state index >= 15 is 0 Å². The van der Waals surface area contributed by atoms with E-state index < -0.39 is 0 Å². The Morgan fingerprint density at radius 3 is 2.57 bits per heavy atom. The molecule has 2 saturated heterocycles. The molecule has 1 amide bonds. The first-order valence-corrected chi connectivity index (χ1v) is 10.6. The van der Waals surface area contributed by atoms with Crippen molar-refractivity contribution < 1.29 is 9.21 Å². The zero-order valence-corrected chi connectivity index (χ0v) is 16.6. The Morgan fingerprint density at radius 2 is 1.93 bits per heavy atom. The van der Waals surface area contributed by atoms with Crippen LogP contribution >= 0.6 is 0 Å². The Bertz CT molecular complexity index is 835. The lowest BCUT2D eigenvalue weighted by Gasteiger charge is -2.50. The van der Waals surface area contributed by atoms with Crippen molar-refractivity contribution in [1.29, 1.82) is 0 Å². The van der Waals surface area contributed by atoms with Gasteiger partial charge in [0, 0.05) is 32.2 Å². The maximum Gasteiger partial charge on any atom is 0.276 e. The van der Waals surface area contributed by atoms with Gasteiger partial charge in [0.2, 0.25) is 0 Å². The average molecular weight is 380 g/mol. The molecule has 5 heteroatoms. The minimum atomic E-state index is 0.0237. The van der Waals surface area contributed by atoms with Gasteiger partial charge >= 0.3 is 0 Å². The van der Waals surface area contributed by atoms with Gasteiger partial charge in [0.05, 0.1) is 0 Å². The van der Waals surface area contributed by atoms with E-state index in [0.29, 0.717) is 22.8 Å². The van der Waals surface area contributed by atoms with Crippen molar-refractivity contribution in [2.75, 3.05) is 26.2 Å². The topological polar surface area (TPSA) is 49.6 Å². The molecule has 1 atom stereocenters. The smallest absolute Gasteiger partial charge is 0.276 e. The second-order valence-corrected chi connectivity index (χ2v) is 9.02. The summed E-state index contributed by atoms with van der Waals surface area (Å²) in [4.78, 5) is 21.7. The summed E-state index contributed by atoms with van der Waals surface area (Å²) in [5, 5.41) is 0. The Kier molecular flexibility index (Phi) is 4.50. The first-order valence-electron chi connectivity index (χ1n) is 10.6. The van der Waals surface area contributed by atoms with E-state index in [1.165, 1.54) is 44.3 Å². The van der Waals surface area contributed by atoms with Crippen molar-refractivity contribution in [2.45, 2.75) is 51.0 Å². The van der Waals surface area contributed by atoms with E-state index in [1.807, 2.05) is 11.8 Å². The number of hydrogen-bond acceptors (Lipinski definition) is 4. The highest BCUT2D eigenvalue weighted by atomic mass is 16.3. The second kappa shape index (κ2) is 7.03. The van der Waals surface area contributed by atoms with Gasteiger partial charge in [-0.25, -0.2) is 4.98 Å². The molecule has 0 bridgehead atoms. The zero-order valence-electron chi connectivity index (χ0n) is 16.6. The van der Waals surface area contributed by atoms with Gasteiger partial charge in [0.25, 0.3) is 5.91 Å². The van der Waals surface area contributed by atoms with E-state index in [1.54, 1.807) is 0 Å². The van der Waals surface area contributed by atoms with Crippen LogP contribution in [0, 0.1) is 12.3 Å². The summed E-state index contributed by atoms with van der Waals surface area (Å²) in [6, 6.07) is 11.8. The molecule has 28 heavy (non-hydrogen) atoms. The molecule has 1 unspecified atom stereocenters. The highest BCUT2D eigenvalue weighted by Crippen LogP contribution is 2.47. The van der Waals surface area contributed by atoms with Crippen molar-refractivity contribution in [2.24, 2.45) is 5.41 Å². The molecule has 1 aromatic carbocycles. The van der Waals surface area contributed by atoms with Crippen molar-refractivity contribution in [3.8, 4) is 0 Å². The molecule has 1 aromatic heterocycles. The highest BCUT2D eigenvalue weighted by molar-refractivity contribution is 5.93. The third kappa shape index (κ3) is 3.37. The Balaban J connectivity index is 1.32. The first kappa shape index (κ1) is 17.9. The predicted octanol–water partition coefficient (Wildman–Crippen LogP) is 3.86. The number of hydrogen-bond donors (Lipinski definition) is 0. The van der Waals surface area contributed by atoms with Crippen molar-refractivity contribution in [1.82, 2.24) is 14.8 Å². The monoisotopic (exact) mass is 379 g/mol. The van der Waals surface area contributed by atoms with Gasteiger partial charge < -0.3 is 9.32 Å². The van der Waals surface area contributed by atoms with Gasteiger partial charge in [0.1, 0.15) is 5.76 Å². The van der Waals surface area contributed by atoms with Gasteiger partial charge in [-0.15, -0.1) is 0 Å². The zero-order chi connectivity index (χ0) is 19.1. The molecule has 5 nitrogen and oxygen atoms in total. The molecule has 0 N–H and O–H groups in total. The van der Waals surface area contributed by atoms with Crippen LogP contribution in [-0.4, -0.2) is 52.9 Å². The normalized spacial score (nSPS) is 25.2. The number of oxazole rings is 1. The van der Waals surface area contributed by atoms with E-state index in [9.17, 15) is 4.79 Å². The van der Waals surface area contributed by atoms with Crippen molar-refractivity contribution in [3.05, 3.63) is 53.7 Å². The minimum absolute atomic E-state index is 0.0237. The van der Waals surface area contributed by atoms with E-state index in [4.69, 9.17) is 4.42 Å². The van der Waals surface area contributed by atoms with Crippen LogP contribution < -0.4 is 0 Å². The lowest BCUT2D eigenvalue weighted by Crippen LogP contribution is -2.53. The molecule has 5 rings (SSSR count). The fraction of sp³-hybridized carbons (Fsp3) is 0.565. The number of benzene rings is 1. The quantitative estimate of drug-likeness (QED) is 0.813. The number of rotatable bonds is 3. The Morgan fingerprint density at radius 1 is 1.18 bits per heavy atom. The second-order valence-electron chi connectivity index (χ2n) is 9.02. The molecular formula is C23H29N3O2. The lowest BCUT2D eigenvalue weighted by atomic mass is 9.68. The van der Waals surface area contributed by atoms with Crippen LogP contribution in [0.4, 0.5) is 0 Å². The molecular weight excluding hydrogens is 350 g/mol. The number of piperidine rings is 2. The fourth-order valence-corrected chi connectivity index (χ4v) is 5.30. The molecule has 1 spiro atoms. The molecule has 3 heterocycles. The Labute approximate surface area is 166 Å². The summed E-state index contributed by atoms with van der Waals surface area (Å²) in [7, 11) is 0. The number of aromatic nitrogens is 1. The highest BCUT2D eigenvalue weighted by Gasteiger charge is 2.46. The van der Waals surface area contributed by atoms with Gasteiger partial charge in [-0.2, -0.15) is 0 Å². The largest absolute Gasteiger partial charge is 0.448 e. The minimum Gasteiger partial charge on any atom is -0.448 e. The number of amides is 1. The summed E-state index contributed by atoms with van der Waals surface area (Å²) in [6.45, 7) is 5.85. The van der Waals surface area contributed by atoms with Gasteiger partial charge in [-0.3, -0.25) is 9.69 Å². The molecule has 3 aliphatic rings. The molecule has 3 fully saturated rings. The van der Waals surface area contributed by atoms with Crippen LogP contribution in [-0.2, 0) is 0 Å². The molecule has 0 radical (unpaired) electrons. The van der Waals surface area contributed by atoms with Crippen molar-refractivity contribution >= 4 is 5.91 Å². The molecule has 2 aliphatic heterocycles. The summed E-state index contributed by atoms with van der Waals surface area (Å²) < 4.78 is 5.23. The van der Waals surface area contributed by atoms with Gasteiger partial charge in [-0.1, -0.05) is 30.3 Å². The third-order valence-electron chi connectivity index (χ3n) is 7.07. The lowest BCUT2D eigenvalue weighted by molar-refractivity contribution is 0.0109. The summed E-state index contributed by atoms with van der Waals surface area (Å²) in [5.74, 6) is 1.25. The van der Waals surface area contributed by atoms with E-state index in [-0.39, 0.29) is 5.91 Å². The predicted molar refractivity (Wildman–Crippen MR) is 107 cm³/mol. The van der Waals surface area contributed by atoms with E-state index in [0.717, 1.165) is 32.0 Å². The van der Waals surface area contributed by atoms with E-state index in [2.05, 4.69) is 40.2 Å². The third-order valence-corrected chi connectivity index (χ3v) is 7.07. The number of nitrogens with zero attached hydrogens (tertiary/aromatic N) is 3. The van der Waals surface area contributed by atoms with Crippen LogP contribution in [0.2, 0.25) is 0 Å². The average Bonchev–Trinajstić information content (AvgIpc) is 3.49. The summed E-state index contributed by atoms with van der Waals surface area (Å²) >= 11 is 0. The number of aryl methyl sites for hydroxylation is 1. The van der Waals surface area contributed by atoms with Crippen LogP contribution in [0.1, 0.15) is 59.8 Å². The molecule has 1 aliphatic carbocycles. The van der Waals surface area contributed by atoms with Crippen LogP contribution in [0.5, 0.6) is 0 Å². The maximum atomic E-state index is 12.8. The summed E-state index contributed by atoms with van der Waals surface area (Å²) in [6.07, 6.45) is 7.49. The van der Waals surface area contributed by atoms with Gasteiger partial charge in [0.15, 0.2) is 12.1 Å². The van der Waals surface area contributed by atoms with Crippen molar-refractivity contribution in [3.63, 3.8) is 0 Å². The SMILES string of the molecule is Cc1ocnc1C(=O)N1CCC2(CC1)CC(c1ccccc1)CN(C1CC1)C2. The standard InChI is InChI=1S/C23H29N3O2/c1-17-21(24-16-28-17)22(27)25-11-9-23(10-12-25)13-19(18-5-3-2-4-6-18)14-26(15-23)20-7-8-20/h2-6,16,19-20H,7-15H2,1H3. The Hall–Kier alpha value is -2.14. The number of likely N-dealkylation sites (tertiary alicyclic amines) is 2. The van der Waals surface area contributed by atoms with Crippen LogP contribution in [0.25, 0.3) is 0 Å². The number of carbonyl (C=O) groups is 1. The van der Waals surface area contributed by atoms with Crippen LogP contribution in [0.15, 0.2) is 41.1 Å².